The normalized spacial score (nSPS) is 21.7. The van der Waals surface area contributed by atoms with Gasteiger partial charge in [0.2, 0.25) is 5.78 Å². The van der Waals surface area contributed by atoms with E-state index >= 15 is 0 Å². The Morgan fingerprint density at radius 1 is 1.33 bits per heavy atom. The maximum atomic E-state index is 13.1. The first-order chi connectivity index (χ1) is 14.1. The molecule has 0 aromatic heterocycles. The summed E-state index contributed by atoms with van der Waals surface area (Å²) in [5, 5.41) is 21.8. The van der Waals surface area contributed by atoms with Crippen molar-refractivity contribution >= 4 is 23.7 Å². The van der Waals surface area contributed by atoms with E-state index in [1.165, 1.54) is 20.1 Å². The maximum absolute atomic E-state index is 13.1. The van der Waals surface area contributed by atoms with Crippen LogP contribution in [-0.2, 0) is 20.9 Å². The first-order valence-corrected chi connectivity index (χ1v) is 10.1. The van der Waals surface area contributed by atoms with Crippen LogP contribution in [0.15, 0.2) is 29.2 Å². The van der Waals surface area contributed by atoms with Crippen molar-refractivity contribution in [2.24, 2.45) is 5.92 Å². The van der Waals surface area contributed by atoms with Crippen LogP contribution in [0.2, 0.25) is 0 Å². The lowest BCUT2D eigenvalue weighted by atomic mass is 9.78. The average molecular weight is 412 g/mol. The van der Waals surface area contributed by atoms with Gasteiger partial charge in [0.15, 0.2) is 5.60 Å². The van der Waals surface area contributed by atoms with Crippen LogP contribution >= 0.6 is 0 Å². The van der Waals surface area contributed by atoms with Gasteiger partial charge in [0.1, 0.15) is 29.7 Å². The van der Waals surface area contributed by atoms with Crippen LogP contribution in [0, 0.1) is 5.92 Å². The molecule has 1 aliphatic carbocycles. The highest BCUT2D eigenvalue weighted by atomic mass is 16.5. The molecular weight excluding hydrogens is 384 g/mol. The number of rotatable bonds is 6. The van der Waals surface area contributed by atoms with Gasteiger partial charge in [-0.15, -0.1) is 0 Å². The maximum Gasteiger partial charge on any atom is 0.206 e. The lowest BCUT2D eigenvalue weighted by Crippen LogP contribution is -2.45. The molecule has 2 aliphatic rings. The Morgan fingerprint density at radius 2 is 2.03 bits per heavy atom. The Morgan fingerprint density at radius 3 is 2.63 bits per heavy atom. The van der Waals surface area contributed by atoms with Crippen molar-refractivity contribution in [2.45, 2.75) is 52.7 Å². The smallest absolute Gasteiger partial charge is 0.206 e. The van der Waals surface area contributed by atoms with Crippen molar-refractivity contribution in [3.05, 3.63) is 51.5 Å². The van der Waals surface area contributed by atoms with Crippen molar-refractivity contribution < 1.29 is 29.3 Å². The minimum atomic E-state index is -2.13. The lowest BCUT2D eigenvalue weighted by molar-refractivity contribution is -0.120. The number of phenols is 1. The third-order valence-electron chi connectivity index (χ3n) is 5.72. The first-order valence-electron chi connectivity index (χ1n) is 10.1. The van der Waals surface area contributed by atoms with Gasteiger partial charge in [-0.3, -0.25) is 9.59 Å². The summed E-state index contributed by atoms with van der Waals surface area (Å²) < 4.78 is 11.1. The molecule has 1 aromatic rings. The SMILES string of the molecule is CC[C@@H](C)C=C(C)C1=Cc2cc3c(c(O)c2CO1)C(=O)[C@](O)(CC(C)=O)C(OC)=C3. The summed E-state index contributed by atoms with van der Waals surface area (Å²) in [5.74, 6) is -0.243. The summed E-state index contributed by atoms with van der Waals surface area (Å²) in [6, 6.07) is 1.77. The number of Topliss-reactive ketones (excluding diaryl/α,β-unsaturated/α-hetero) is 2. The summed E-state index contributed by atoms with van der Waals surface area (Å²) in [7, 11) is 1.34. The molecule has 0 amide bonds. The van der Waals surface area contributed by atoms with Crippen LogP contribution in [-0.4, -0.2) is 34.5 Å². The fourth-order valence-corrected chi connectivity index (χ4v) is 3.91. The number of ether oxygens (including phenoxy) is 2. The van der Waals surface area contributed by atoms with Crippen molar-refractivity contribution in [1.82, 2.24) is 0 Å². The second-order valence-electron chi connectivity index (χ2n) is 8.07. The Balaban J connectivity index is 2.13. The number of carbonyl (C=O) groups excluding carboxylic acids is 2. The monoisotopic (exact) mass is 412 g/mol. The van der Waals surface area contributed by atoms with Gasteiger partial charge >= 0.3 is 0 Å². The van der Waals surface area contributed by atoms with Crippen LogP contribution in [0.5, 0.6) is 5.75 Å². The summed E-state index contributed by atoms with van der Waals surface area (Å²) in [6.07, 6.45) is 6.08. The molecular formula is C24H28O6. The molecule has 1 aromatic carbocycles. The van der Waals surface area contributed by atoms with Crippen LogP contribution in [0.4, 0.5) is 0 Å². The number of allylic oxidation sites excluding steroid dienone is 2. The minimum absolute atomic E-state index is 0.0151. The average Bonchev–Trinajstić information content (AvgIpc) is 2.69. The van der Waals surface area contributed by atoms with Crippen molar-refractivity contribution in [3.63, 3.8) is 0 Å². The number of aromatic hydroxyl groups is 1. The van der Waals surface area contributed by atoms with E-state index in [0.29, 0.717) is 22.8 Å². The standard InChI is InChI=1S/C24H28O6/c1-6-13(2)7-14(3)19-9-16-8-17-10-20(29-5)24(28,11-15(4)25)23(27)21(17)22(26)18(16)12-30-19/h7-10,13,26,28H,6,11-12H2,1-5H3/t13-,24+/m1/s1. The first kappa shape index (κ1) is 21.8. The summed E-state index contributed by atoms with van der Waals surface area (Å²) in [5.41, 5.74) is 0.494. The number of aliphatic hydroxyl groups is 1. The van der Waals surface area contributed by atoms with Crippen LogP contribution in [0.1, 0.15) is 67.6 Å². The molecule has 1 heterocycles. The molecule has 1 aliphatic heterocycles. The molecule has 3 rings (SSSR count). The molecule has 0 saturated carbocycles. The van der Waals surface area contributed by atoms with E-state index < -0.39 is 17.8 Å². The molecule has 0 fully saturated rings. The van der Waals surface area contributed by atoms with E-state index in [0.717, 1.165) is 17.6 Å². The van der Waals surface area contributed by atoms with Gasteiger partial charge < -0.3 is 19.7 Å². The topological polar surface area (TPSA) is 93.1 Å². The molecule has 0 radical (unpaired) electrons. The summed E-state index contributed by atoms with van der Waals surface area (Å²) in [6.45, 7) is 7.62. The van der Waals surface area contributed by atoms with E-state index in [9.17, 15) is 19.8 Å². The molecule has 0 bridgehead atoms. The predicted molar refractivity (Wildman–Crippen MR) is 114 cm³/mol. The highest BCUT2D eigenvalue weighted by Gasteiger charge is 2.48. The van der Waals surface area contributed by atoms with Crippen molar-refractivity contribution in [1.29, 1.82) is 0 Å². The molecule has 6 nitrogen and oxygen atoms in total. The number of fused-ring (bicyclic) bond motifs is 2. The minimum Gasteiger partial charge on any atom is -0.507 e. The van der Waals surface area contributed by atoms with Gasteiger partial charge in [-0.05, 0) is 54.7 Å². The van der Waals surface area contributed by atoms with Gasteiger partial charge in [0, 0.05) is 12.0 Å². The van der Waals surface area contributed by atoms with Gasteiger partial charge in [0.25, 0.3) is 0 Å². The lowest BCUT2D eigenvalue weighted by Gasteiger charge is -2.33. The second kappa shape index (κ2) is 8.11. The van der Waals surface area contributed by atoms with E-state index in [1.807, 2.05) is 13.0 Å². The molecule has 0 saturated heterocycles. The van der Waals surface area contributed by atoms with Gasteiger partial charge in [0.05, 0.1) is 12.7 Å². The Bertz CT molecular complexity index is 997. The van der Waals surface area contributed by atoms with Gasteiger partial charge in [-0.1, -0.05) is 26.3 Å². The molecule has 6 heteroatoms. The number of hydrogen-bond acceptors (Lipinski definition) is 6. The zero-order chi connectivity index (χ0) is 22.2. The number of carbonyl (C=O) groups is 2. The highest BCUT2D eigenvalue weighted by Crippen LogP contribution is 2.43. The van der Waals surface area contributed by atoms with Crippen LogP contribution in [0.3, 0.4) is 0 Å². The van der Waals surface area contributed by atoms with Crippen LogP contribution < -0.4 is 0 Å². The van der Waals surface area contributed by atoms with Crippen LogP contribution in [0.25, 0.3) is 12.2 Å². The van der Waals surface area contributed by atoms with Gasteiger partial charge in [-0.2, -0.15) is 0 Å². The fraction of sp³-hybridized carbons (Fsp3) is 0.417. The molecule has 0 spiro atoms. The number of hydrogen-bond donors (Lipinski definition) is 2. The molecule has 0 unspecified atom stereocenters. The molecule has 160 valence electrons. The Kier molecular flexibility index (Phi) is 5.90. The van der Waals surface area contributed by atoms with E-state index in [-0.39, 0.29) is 29.5 Å². The summed E-state index contributed by atoms with van der Waals surface area (Å²) in [4.78, 5) is 24.8. The molecule has 2 N–H and O–H groups in total. The van der Waals surface area contributed by atoms with E-state index in [1.54, 1.807) is 6.07 Å². The number of ketones is 2. The third-order valence-corrected chi connectivity index (χ3v) is 5.72. The Labute approximate surface area is 176 Å². The van der Waals surface area contributed by atoms with E-state index in [4.69, 9.17) is 9.47 Å². The largest absolute Gasteiger partial charge is 0.507 e. The zero-order valence-corrected chi connectivity index (χ0v) is 18.0. The number of benzene rings is 1. The molecule has 30 heavy (non-hydrogen) atoms. The predicted octanol–water partition coefficient (Wildman–Crippen LogP) is 4.15. The second-order valence-corrected chi connectivity index (χ2v) is 8.07. The fourth-order valence-electron chi connectivity index (χ4n) is 3.91. The Hall–Kier alpha value is -2.86. The molecule has 2 atom stereocenters. The van der Waals surface area contributed by atoms with E-state index in [2.05, 4.69) is 19.9 Å². The highest BCUT2D eigenvalue weighted by molar-refractivity contribution is 6.13. The third kappa shape index (κ3) is 3.67. The van der Waals surface area contributed by atoms with Gasteiger partial charge in [-0.25, -0.2) is 0 Å². The zero-order valence-electron chi connectivity index (χ0n) is 18.0. The van der Waals surface area contributed by atoms with Crippen molar-refractivity contribution in [3.8, 4) is 5.75 Å². The number of phenolic OH excluding ortho intramolecular Hbond substituents is 1. The quantitative estimate of drug-likeness (QED) is 0.729. The summed E-state index contributed by atoms with van der Waals surface area (Å²) >= 11 is 0. The van der Waals surface area contributed by atoms with Crippen molar-refractivity contribution in [2.75, 3.05) is 7.11 Å². The number of methoxy groups -OCH3 is 1.